The quantitative estimate of drug-likeness (QED) is 0.875. The average Bonchev–Trinajstić information content (AvgIpc) is 2.85. The van der Waals surface area contributed by atoms with E-state index < -0.39 is 0 Å². The third kappa shape index (κ3) is 2.54. The minimum absolute atomic E-state index is 0.0770. The molecular weight excluding hydrogens is 293 g/mol. The van der Waals surface area contributed by atoms with Crippen molar-refractivity contribution in [3.63, 3.8) is 0 Å². The number of aryl methyl sites for hydroxylation is 1. The molecule has 0 saturated heterocycles. The van der Waals surface area contributed by atoms with E-state index in [-0.39, 0.29) is 11.9 Å². The number of halogens is 2. The zero-order valence-electron chi connectivity index (χ0n) is 10.7. The molecule has 1 atom stereocenters. The highest BCUT2D eigenvalue weighted by Gasteiger charge is 2.23. The molecule has 3 rings (SSSR count). The summed E-state index contributed by atoms with van der Waals surface area (Å²) in [4.78, 5) is 12.3. The van der Waals surface area contributed by atoms with Crippen LogP contribution in [0.5, 0.6) is 0 Å². The Morgan fingerprint density at radius 2 is 1.90 bits per heavy atom. The number of amides is 1. The standard InChI is InChI=1S/C16H13Cl2NO/c17-13-7-5-11(9-14(13)18)16(20)19-15-8-6-10-3-1-2-4-12(10)15/h1-5,7,9,15H,6,8H2,(H,19,20). The van der Waals surface area contributed by atoms with Crippen LogP contribution in [0.25, 0.3) is 0 Å². The molecule has 2 nitrogen and oxygen atoms in total. The molecule has 102 valence electrons. The number of hydrogen-bond donors (Lipinski definition) is 1. The summed E-state index contributed by atoms with van der Waals surface area (Å²) in [6.07, 6.45) is 1.94. The Morgan fingerprint density at radius 3 is 2.70 bits per heavy atom. The van der Waals surface area contributed by atoms with Gasteiger partial charge in [0.25, 0.3) is 5.91 Å². The van der Waals surface area contributed by atoms with Crippen molar-refractivity contribution < 1.29 is 4.79 Å². The Morgan fingerprint density at radius 1 is 1.10 bits per heavy atom. The lowest BCUT2D eigenvalue weighted by Crippen LogP contribution is -2.27. The first-order valence-electron chi connectivity index (χ1n) is 6.49. The van der Waals surface area contributed by atoms with Gasteiger partial charge in [-0.2, -0.15) is 0 Å². The number of fused-ring (bicyclic) bond motifs is 1. The summed E-state index contributed by atoms with van der Waals surface area (Å²) in [5.74, 6) is -0.120. The summed E-state index contributed by atoms with van der Waals surface area (Å²) in [7, 11) is 0. The second kappa shape index (κ2) is 5.47. The molecule has 0 heterocycles. The third-order valence-electron chi connectivity index (χ3n) is 3.62. The first-order valence-corrected chi connectivity index (χ1v) is 7.24. The molecule has 1 N–H and O–H groups in total. The van der Waals surface area contributed by atoms with Crippen molar-refractivity contribution in [2.45, 2.75) is 18.9 Å². The lowest BCUT2D eigenvalue weighted by Gasteiger charge is -2.14. The first kappa shape index (κ1) is 13.5. The zero-order valence-corrected chi connectivity index (χ0v) is 12.2. The van der Waals surface area contributed by atoms with Crippen LogP contribution in [-0.2, 0) is 6.42 Å². The summed E-state index contributed by atoms with van der Waals surface area (Å²) in [6.45, 7) is 0. The molecule has 0 aliphatic heterocycles. The van der Waals surface area contributed by atoms with E-state index in [2.05, 4.69) is 17.4 Å². The molecule has 0 spiro atoms. The van der Waals surface area contributed by atoms with Gasteiger partial charge in [0.1, 0.15) is 0 Å². The molecule has 0 aromatic heterocycles. The minimum Gasteiger partial charge on any atom is -0.345 e. The van der Waals surface area contributed by atoms with Gasteiger partial charge in [0.2, 0.25) is 0 Å². The van der Waals surface area contributed by atoms with E-state index >= 15 is 0 Å². The van der Waals surface area contributed by atoms with Crippen LogP contribution in [0, 0.1) is 0 Å². The predicted octanol–water partition coefficient (Wildman–Crippen LogP) is 4.41. The van der Waals surface area contributed by atoms with Gasteiger partial charge in [-0.05, 0) is 42.2 Å². The number of carbonyl (C=O) groups excluding carboxylic acids is 1. The van der Waals surface area contributed by atoms with Crippen LogP contribution in [0.1, 0.15) is 33.9 Å². The molecule has 0 saturated carbocycles. The summed E-state index contributed by atoms with van der Waals surface area (Å²) >= 11 is 11.8. The van der Waals surface area contributed by atoms with Crippen LogP contribution in [0.3, 0.4) is 0 Å². The van der Waals surface area contributed by atoms with Crippen molar-refractivity contribution in [1.29, 1.82) is 0 Å². The normalized spacial score (nSPS) is 16.8. The fourth-order valence-electron chi connectivity index (χ4n) is 2.59. The number of carbonyl (C=O) groups is 1. The van der Waals surface area contributed by atoms with Crippen molar-refractivity contribution in [2.24, 2.45) is 0 Å². The number of rotatable bonds is 2. The first-order chi connectivity index (χ1) is 9.65. The van der Waals surface area contributed by atoms with Gasteiger partial charge in [0, 0.05) is 5.56 Å². The summed E-state index contributed by atoms with van der Waals surface area (Å²) < 4.78 is 0. The summed E-state index contributed by atoms with van der Waals surface area (Å²) in [5.41, 5.74) is 3.05. The largest absolute Gasteiger partial charge is 0.345 e. The predicted molar refractivity (Wildman–Crippen MR) is 81.4 cm³/mol. The third-order valence-corrected chi connectivity index (χ3v) is 4.36. The molecule has 1 aliphatic carbocycles. The fraction of sp³-hybridized carbons (Fsp3) is 0.188. The smallest absolute Gasteiger partial charge is 0.251 e. The monoisotopic (exact) mass is 305 g/mol. The van der Waals surface area contributed by atoms with Crippen molar-refractivity contribution in [2.75, 3.05) is 0 Å². The highest BCUT2D eigenvalue weighted by atomic mass is 35.5. The van der Waals surface area contributed by atoms with Crippen LogP contribution < -0.4 is 5.32 Å². The van der Waals surface area contributed by atoms with E-state index in [0.29, 0.717) is 15.6 Å². The number of hydrogen-bond acceptors (Lipinski definition) is 1. The maximum atomic E-state index is 12.3. The Bertz CT molecular complexity index is 669. The lowest BCUT2D eigenvalue weighted by atomic mass is 10.1. The van der Waals surface area contributed by atoms with Gasteiger partial charge in [0.05, 0.1) is 16.1 Å². The maximum Gasteiger partial charge on any atom is 0.251 e. The molecule has 1 amide bonds. The van der Waals surface area contributed by atoms with Gasteiger partial charge >= 0.3 is 0 Å². The SMILES string of the molecule is O=C(NC1CCc2ccccc21)c1ccc(Cl)c(Cl)c1. The van der Waals surface area contributed by atoms with E-state index in [9.17, 15) is 4.79 Å². The van der Waals surface area contributed by atoms with E-state index in [1.165, 1.54) is 11.1 Å². The Balaban J connectivity index is 1.79. The van der Waals surface area contributed by atoms with Crippen LogP contribution in [0.2, 0.25) is 10.0 Å². The minimum atomic E-state index is -0.120. The van der Waals surface area contributed by atoms with Crippen LogP contribution >= 0.6 is 23.2 Å². The van der Waals surface area contributed by atoms with Crippen LogP contribution in [0.4, 0.5) is 0 Å². The fourth-order valence-corrected chi connectivity index (χ4v) is 2.88. The molecule has 1 unspecified atom stereocenters. The molecule has 2 aromatic rings. The summed E-state index contributed by atoms with van der Waals surface area (Å²) in [5, 5.41) is 3.91. The highest BCUT2D eigenvalue weighted by molar-refractivity contribution is 6.42. The van der Waals surface area contributed by atoms with Gasteiger partial charge < -0.3 is 5.32 Å². The second-order valence-electron chi connectivity index (χ2n) is 4.89. The molecule has 0 fully saturated rings. The second-order valence-corrected chi connectivity index (χ2v) is 5.71. The van der Waals surface area contributed by atoms with Crippen molar-refractivity contribution >= 4 is 29.1 Å². The van der Waals surface area contributed by atoms with Gasteiger partial charge in [-0.25, -0.2) is 0 Å². The average molecular weight is 306 g/mol. The van der Waals surface area contributed by atoms with Gasteiger partial charge in [0.15, 0.2) is 0 Å². The van der Waals surface area contributed by atoms with E-state index in [0.717, 1.165) is 12.8 Å². The van der Waals surface area contributed by atoms with Crippen molar-refractivity contribution in [3.05, 3.63) is 69.2 Å². The van der Waals surface area contributed by atoms with E-state index in [4.69, 9.17) is 23.2 Å². The van der Waals surface area contributed by atoms with E-state index in [1.807, 2.05) is 12.1 Å². The topological polar surface area (TPSA) is 29.1 Å². The molecule has 20 heavy (non-hydrogen) atoms. The Hall–Kier alpha value is -1.51. The maximum absolute atomic E-state index is 12.3. The molecule has 4 heteroatoms. The van der Waals surface area contributed by atoms with Crippen molar-refractivity contribution in [3.8, 4) is 0 Å². The van der Waals surface area contributed by atoms with Gasteiger partial charge in [-0.15, -0.1) is 0 Å². The molecular formula is C16H13Cl2NO. The van der Waals surface area contributed by atoms with Gasteiger partial charge in [-0.3, -0.25) is 4.79 Å². The molecule has 1 aliphatic rings. The molecule has 2 aromatic carbocycles. The van der Waals surface area contributed by atoms with Gasteiger partial charge in [-0.1, -0.05) is 47.5 Å². The zero-order chi connectivity index (χ0) is 14.1. The van der Waals surface area contributed by atoms with Crippen molar-refractivity contribution in [1.82, 2.24) is 5.32 Å². The molecule has 0 radical (unpaired) electrons. The van der Waals surface area contributed by atoms with Crippen LogP contribution in [-0.4, -0.2) is 5.91 Å². The Labute approximate surface area is 127 Å². The van der Waals surface area contributed by atoms with Crippen LogP contribution in [0.15, 0.2) is 42.5 Å². The number of benzene rings is 2. The lowest BCUT2D eigenvalue weighted by molar-refractivity contribution is 0.0936. The Kier molecular flexibility index (Phi) is 3.68. The van der Waals surface area contributed by atoms with E-state index in [1.54, 1.807) is 18.2 Å². The molecule has 0 bridgehead atoms. The number of nitrogens with one attached hydrogen (secondary N) is 1. The summed E-state index contributed by atoms with van der Waals surface area (Å²) in [6, 6.07) is 13.2. The highest BCUT2D eigenvalue weighted by Crippen LogP contribution is 2.31.